The van der Waals surface area contributed by atoms with E-state index >= 15 is 0 Å². The van der Waals surface area contributed by atoms with Crippen molar-refractivity contribution in [1.29, 1.82) is 0 Å². The minimum absolute atomic E-state index is 0.0470. The van der Waals surface area contributed by atoms with Gasteiger partial charge in [0, 0.05) is 18.5 Å². The second-order valence-corrected chi connectivity index (χ2v) is 10.5. The van der Waals surface area contributed by atoms with E-state index in [1.54, 1.807) is 49.3 Å². The van der Waals surface area contributed by atoms with Gasteiger partial charge in [-0.2, -0.15) is 4.31 Å². The Morgan fingerprint density at radius 2 is 1.68 bits per heavy atom. The van der Waals surface area contributed by atoms with E-state index in [1.165, 1.54) is 22.5 Å². The summed E-state index contributed by atoms with van der Waals surface area (Å²) in [6.07, 6.45) is 5.12. The number of methoxy groups -OCH3 is 1. The molecule has 1 aliphatic heterocycles. The second kappa shape index (κ2) is 11.5. The molecule has 4 rings (SSSR count). The van der Waals surface area contributed by atoms with Crippen LogP contribution in [0.25, 0.3) is 6.08 Å². The van der Waals surface area contributed by atoms with Crippen LogP contribution in [0.15, 0.2) is 96.4 Å². The topological polar surface area (TPSA) is 66.9 Å². The number of hydrogen-bond donors (Lipinski definition) is 0. The number of benzene rings is 3. The molecule has 1 heterocycles. The number of halogens is 1. The van der Waals surface area contributed by atoms with Gasteiger partial charge < -0.3 is 9.64 Å². The Labute approximate surface area is 217 Å². The summed E-state index contributed by atoms with van der Waals surface area (Å²) in [6.45, 7) is 1.82. The number of ether oxygens (including phenoxy) is 1. The van der Waals surface area contributed by atoms with Gasteiger partial charge in [-0.25, -0.2) is 12.8 Å². The highest BCUT2D eigenvalue weighted by molar-refractivity contribution is 7.92. The predicted octanol–water partition coefficient (Wildman–Crippen LogP) is 5.17. The average Bonchev–Trinajstić information content (AvgIpc) is 2.91. The molecular formula is C29H29FN2O4S. The molecule has 0 aliphatic carbocycles. The van der Waals surface area contributed by atoms with Crippen LogP contribution in [0.2, 0.25) is 0 Å². The first-order chi connectivity index (χ1) is 17.8. The predicted molar refractivity (Wildman–Crippen MR) is 142 cm³/mol. The van der Waals surface area contributed by atoms with Crippen molar-refractivity contribution in [3.05, 3.63) is 119 Å². The van der Waals surface area contributed by atoms with Crippen molar-refractivity contribution in [2.24, 2.45) is 0 Å². The van der Waals surface area contributed by atoms with Crippen LogP contribution in [0.5, 0.6) is 5.75 Å². The lowest BCUT2D eigenvalue weighted by Gasteiger charge is -2.37. The lowest BCUT2D eigenvalue weighted by atomic mass is 10.0. The number of amides is 1. The van der Waals surface area contributed by atoms with Crippen LogP contribution >= 0.6 is 0 Å². The van der Waals surface area contributed by atoms with Gasteiger partial charge in [-0.05, 0) is 54.0 Å². The first-order valence-corrected chi connectivity index (χ1v) is 13.4. The van der Waals surface area contributed by atoms with Gasteiger partial charge in [0.1, 0.15) is 17.6 Å². The van der Waals surface area contributed by atoms with Crippen LogP contribution in [-0.4, -0.2) is 43.2 Å². The molecule has 3 aromatic rings. The molecule has 6 nitrogen and oxygen atoms in total. The molecule has 0 saturated heterocycles. The third-order valence-corrected chi connectivity index (χ3v) is 7.89. The van der Waals surface area contributed by atoms with E-state index in [1.807, 2.05) is 48.5 Å². The third kappa shape index (κ3) is 6.34. The molecule has 0 saturated carbocycles. The summed E-state index contributed by atoms with van der Waals surface area (Å²) in [7, 11) is -2.33. The molecule has 2 atom stereocenters. The van der Waals surface area contributed by atoms with E-state index < -0.39 is 22.1 Å². The van der Waals surface area contributed by atoms with Crippen LogP contribution in [0.3, 0.4) is 0 Å². The summed E-state index contributed by atoms with van der Waals surface area (Å²) in [5, 5.41) is 1.13. The van der Waals surface area contributed by atoms with Crippen molar-refractivity contribution in [2.45, 2.75) is 25.6 Å². The highest BCUT2D eigenvalue weighted by atomic mass is 32.2. The number of hydrogen-bond acceptors (Lipinski definition) is 4. The maximum absolute atomic E-state index is 13.9. The highest BCUT2D eigenvalue weighted by Crippen LogP contribution is 2.30. The second-order valence-electron chi connectivity index (χ2n) is 8.74. The fourth-order valence-electron chi connectivity index (χ4n) is 4.24. The molecule has 37 heavy (non-hydrogen) atoms. The van der Waals surface area contributed by atoms with Crippen molar-refractivity contribution in [3.8, 4) is 5.75 Å². The van der Waals surface area contributed by atoms with Crippen molar-refractivity contribution in [2.75, 3.05) is 13.7 Å². The zero-order valence-electron chi connectivity index (χ0n) is 20.7. The molecule has 192 valence electrons. The molecule has 1 aliphatic rings. The summed E-state index contributed by atoms with van der Waals surface area (Å²) in [4.78, 5) is 15.5. The molecule has 2 unspecified atom stereocenters. The molecule has 1 amide bonds. The molecule has 0 bridgehead atoms. The van der Waals surface area contributed by atoms with E-state index in [-0.39, 0.29) is 24.8 Å². The first kappa shape index (κ1) is 26.3. The van der Waals surface area contributed by atoms with E-state index in [0.29, 0.717) is 5.75 Å². The van der Waals surface area contributed by atoms with E-state index in [9.17, 15) is 17.6 Å². The van der Waals surface area contributed by atoms with Crippen molar-refractivity contribution >= 4 is 22.0 Å². The van der Waals surface area contributed by atoms with Gasteiger partial charge in [0.05, 0.1) is 13.2 Å². The molecule has 8 heteroatoms. The summed E-state index contributed by atoms with van der Waals surface area (Å²) in [5.74, 6) is -0.0396. The zero-order chi connectivity index (χ0) is 26.4. The minimum atomic E-state index is -3.91. The van der Waals surface area contributed by atoms with Crippen molar-refractivity contribution in [1.82, 2.24) is 9.21 Å². The van der Waals surface area contributed by atoms with Crippen LogP contribution in [0.4, 0.5) is 4.39 Å². The van der Waals surface area contributed by atoms with Gasteiger partial charge in [-0.15, -0.1) is 0 Å². The maximum atomic E-state index is 13.9. The molecule has 0 aromatic heterocycles. The van der Waals surface area contributed by atoms with Crippen molar-refractivity contribution < 1.29 is 22.3 Å². The van der Waals surface area contributed by atoms with Gasteiger partial charge in [0.15, 0.2) is 0 Å². The van der Waals surface area contributed by atoms with Crippen molar-refractivity contribution in [3.63, 3.8) is 0 Å². The number of carbonyl (C=O) groups is 1. The number of rotatable bonds is 7. The fraction of sp³-hybridized carbons (Fsp3) is 0.207. The van der Waals surface area contributed by atoms with Gasteiger partial charge in [-0.3, -0.25) is 4.79 Å². The maximum Gasteiger partial charge on any atom is 0.241 e. The summed E-state index contributed by atoms with van der Waals surface area (Å²) in [5.41, 5.74) is 2.32. The number of carbonyl (C=O) groups excluding carboxylic acids is 1. The molecule has 0 radical (unpaired) electrons. The molecule has 3 aromatic carbocycles. The van der Waals surface area contributed by atoms with Gasteiger partial charge in [-0.1, -0.05) is 66.7 Å². The highest BCUT2D eigenvalue weighted by Gasteiger charge is 2.36. The summed E-state index contributed by atoms with van der Waals surface area (Å²) < 4.78 is 46.6. The number of nitrogens with zero attached hydrogens (tertiary/aromatic N) is 2. The van der Waals surface area contributed by atoms with E-state index in [2.05, 4.69) is 0 Å². The third-order valence-electron chi connectivity index (χ3n) is 6.29. The lowest BCUT2D eigenvalue weighted by Crippen LogP contribution is -2.50. The normalized spacial score (nSPS) is 19.1. The zero-order valence-corrected chi connectivity index (χ0v) is 21.5. The van der Waals surface area contributed by atoms with Crippen LogP contribution in [-0.2, 0) is 21.4 Å². The lowest BCUT2D eigenvalue weighted by molar-refractivity contribution is -0.137. The molecule has 0 fully saturated rings. The monoisotopic (exact) mass is 520 g/mol. The Bertz CT molecular complexity index is 1370. The summed E-state index contributed by atoms with van der Waals surface area (Å²) in [6, 6.07) is 21.0. The minimum Gasteiger partial charge on any atom is -0.497 e. The smallest absolute Gasteiger partial charge is 0.241 e. The Balaban J connectivity index is 1.70. The largest absolute Gasteiger partial charge is 0.497 e. The van der Waals surface area contributed by atoms with Crippen LogP contribution in [0, 0.1) is 5.82 Å². The number of sulfonamides is 1. The average molecular weight is 521 g/mol. The van der Waals surface area contributed by atoms with E-state index in [4.69, 9.17) is 4.74 Å². The van der Waals surface area contributed by atoms with Crippen LogP contribution in [0.1, 0.15) is 29.7 Å². The fourth-order valence-corrected chi connectivity index (χ4v) is 5.55. The van der Waals surface area contributed by atoms with Gasteiger partial charge in [0.25, 0.3) is 0 Å². The Kier molecular flexibility index (Phi) is 8.21. The first-order valence-electron chi connectivity index (χ1n) is 11.9. The quantitative estimate of drug-likeness (QED) is 0.404. The standard InChI is InChI=1S/C29H29FN2O4S/c1-22-29(33)31(21-24-10-14-26(30)15-11-24)28(25-12-16-27(36-2)17-13-25)9-6-19-32(22)37(34,35)20-18-23-7-4-3-5-8-23/h3-18,20,22,28H,19,21H2,1-2H3. The van der Waals surface area contributed by atoms with E-state index in [0.717, 1.165) is 22.1 Å². The molecule has 0 N–H and O–H groups in total. The van der Waals surface area contributed by atoms with Gasteiger partial charge >= 0.3 is 0 Å². The van der Waals surface area contributed by atoms with Crippen LogP contribution < -0.4 is 4.74 Å². The SMILES string of the molecule is COc1ccc(C2C=CCN(S(=O)(=O)C=Cc3ccccc3)C(C)C(=O)N2Cc2ccc(F)cc2)cc1. The summed E-state index contributed by atoms with van der Waals surface area (Å²) >= 11 is 0. The van der Waals surface area contributed by atoms with Gasteiger partial charge in [0.2, 0.25) is 15.9 Å². The molecule has 0 spiro atoms. The Hall–Kier alpha value is -3.75. The molecular weight excluding hydrogens is 491 g/mol. The Morgan fingerprint density at radius 1 is 1.00 bits per heavy atom. The Morgan fingerprint density at radius 3 is 2.32 bits per heavy atom.